The van der Waals surface area contributed by atoms with Crippen molar-refractivity contribution in [3.8, 4) is 0 Å². The van der Waals surface area contributed by atoms with Crippen LogP contribution in [0.15, 0.2) is 47.4 Å². The van der Waals surface area contributed by atoms with Gasteiger partial charge in [-0.1, -0.05) is 12.1 Å². The summed E-state index contributed by atoms with van der Waals surface area (Å²) >= 11 is 1.62. The Bertz CT molecular complexity index is 1020. The number of nitrogens with zero attached hydrogens (tertiary/aromatic N) is 2. The molecule has 2 heterocycles. The minimum atomic E-state index is -4.04. The third-order valence-electron chi connectivity index (χ3n) is 4.62. The van der Waals surface area contributed by atoms with Crippen LogP contribution in [-0.4, -0.2) is 30.8 Å². The summed E-state index contributed by atoms with van der Waals surface area (Å²) in [5.41, 5.74) is 0.949. The van der Waals surface area contributed by atoms with Gasteiger partial charge < -0.3 is 0 Å². The van der Waals surface area contributed by atoms with Crippen molar-refractivity contribution < 1.29 is 17.2 Å². The fourth-order valence-corrected chi connectivity index (χ4v) is 5.90. The van der Waals surface area contributed by atoms with Crippen molar-refractivity contribution >= 4 is 31.6 Å². The summed E-state index contributed by atoms with van der Waals surface area (Å²) in [7, 11) is -4.04. The Morgan fingerprint density at radius 3 is 2.54 bits per heavy atom. The highest BCUT2D eigenvalue weighted by Gasteiger charge is 2.33. The van der Waals surface area contributed by atoms with Crippen molar-refractivity contribution in [1.82, 2.24) is 9.29 Å². The monoisotopic (exact) mass is 394 g/mol. The molecule has 4 nitrogen and oxygen atoms in total. The molecule has 1 aliphatic rings. The maximum atomic E-state index is 13.9. The van der Waals surface area contributed by atoms with Crippen LogP contribution in [0, 0.1) is 11.6 Å². The summed E-state index contributed by atoms with van der Waals surface area (Å²) in [5.74, 6) is -1.52. The van der Waals surface area contributed by atoms with E-state index < -0.39 is 26.6 Å². The number of benzene rings is 2. The average Bonchev–Trinajstić information content (AvgIpc) is 3.08. The van der Waals surface area contributed by atoms with Crippen LogP contribution in [0.4, 0.5) is 8.78 Å². The van der Waals surface area contributed by atoms with E-state index in [1.807, 2.05) is 24.3 Å². The van der Waals surface area contributed by atoms with Gasteiger partial charge in [-0.2, -0.15) is 4.31 Å². The minimum Gasteiger partial charge on any atom is -0.241 e. The predicted octanol–water partition coefficient (Wildman–Crippen LogP) is 4.14. The quantitative estimate of drug-likeness (QED) is 0.671. The summed E-state index contributed by atoms with van der Waals surface area (Å²) < 4.78 is 54.9. The second kappa shape index (κ2) is 6.68. The third kappa shape index (κ3) is 3.13. The van der Waals surface area contributed by atoms with Gasteiger partial charge in [0.05, 0.1) is 15.2 Å². The molecule has 26 heavy (non-hydrogen) atoms. The molecule has 4 rings (SSSR count). The Hall–Kier alpha value is -1.90. The van der Waals surface area contributed by atoms with E-state index in [0.717, 1.165) is 33.4 Å². The molecule has 8 heteroatoms. The average molecular weight is 394 g/mol. The van der Waals surface area contributed by atoms with Gasteiger partial charge in [0.25, 0.3) is 0 Å². The van der Waals surface area contributed by atoms with E-state index in [-0.39, 0.29) is 19.0 Å². The molecule has 0 bridgehead atoms. The van der Waals surface area contributed by atoms with Gasteiger partial charge in [0, 0.05) is 19.0 Å². The fourth-order valence-electron chi connectivity index (χ4n) is 3.22. The number of fused-ring (bicyclic) bond motifs is 1. The first-order valence-electron chi connectivity index (χ1n) is 8.26. The summed E-state index contributed by atoms with van der Waals surface area (Å²) in [5, 5.41) is 1.00. The Kier molecular flexibility index (Phi) is 4.50. The molecule has 0 radical (unpaired) electrons. The lowest BCUT2D eigenvalue weighted by Crippen LogP contribution is -2.38. The number of rotatable bonds is 3. The van der Waals surface area contributed by atoms with Crippen LogP contribution in [-0.2, 0) is 10.0 Å². The van der Waals surface area contributed by atoms with Crippen LogP contribution in [0.5, 0.6) is 0 Å². The maximum Gasteiger partial charge on any atom is 0.246 e. The molecule has 0 saturated carbocycles. The molecule has 1 aromatic heterocycles. The highest BCUT2D eigenvalue weighted by Crippen LogP contribution is 2.35. The number of piperidine rings is 1. The second-order valence-electron chi connectivity index (χ2n) is 6.27. The van der Waals surface area contributed by atoms with E-state index in [4.69, 9.17) is 0 Å². The lowest BCUT2D eigenvalue weighted by Gasteiger charge is -2.30. The number of para-hydroxylation sites is 1. The van der Waals surface area contributed by atoms with Crippen molar-refractivity contribution in [2.24, 2.45) is 0 Å². The van der Waals surface area contributed by atoms with Crippen molar-refractivity contribution in [2.75, 3.05) is 13.1 Å². The lowest BCUT2D eigenvalue weighted by molar-refractivity contribution is 0.318. The Labute approximate surface area is 154 Å². The van der Waals surface area contributed by atoms with Gasteiger partial charge in [0.1, 0.15) is 16.5 Å². The molecule has 2 aromatic carbocycles. The third-order valence-corrected chi connectivity index (χ3v) is 7.74. The van der Waals surface area contributed by atoms with Crippen LogP contribution < -0.4 is 0 Å². The number of hydrogen-bond donors (Lipinski definition) is 0. The van der Waals surface area contributed by atoms with E-state index in [1.165, 1.54) is 4.31 Å². The van der Waals surface area contributed by atoms with Crippen LogP contribution in [0.3, 0.4) is 0 Å². The molecule has 136 valence electrons. The molecule has 1 fully saturated rings. The first-order valence-corrected chi connectivity index (χ1v) is 10.5. The summed E-state index contributed by atoms with van der Waals surface area (Å²) in [4.78, 5) is 4.05. The van der Waals surface area contributed by atoms with E-state index in [9.17, 15) is 17.2 Å². The summed E-state index contributed by atoms with van der Waals surface area (Å²) in [6, 6.07) is 10.4. The second-order valence-corrected chi connectivity index (χ2v) is 9.24. The molecule has 0 spiro atoms. The van der Waals surface area contributed by atoms with Crippen LogP contribution in [0.2, 0.25) is 0 Å². The van der Waals surface area contributed by atoms with E-state index in [0.29, 0.717) is 12.8 Å². The number of thiazole rings is 1. The van der Waals surface area contributed by atoms with Crippen molar-refractivity contribution in [2.45, 2.75) is 23.7 Å². The van der Waals surface area contributed by atoms with Gasteiger partial charge in [0.15, 0.2) is 0 Å². The summed E-state index contributed by atoms with van der Waals surface area (Å²) in [6.07, 6.45) is 1.21. The summed E-state index contributed by atoms with van der Waals surface area (Å²) in [6.45, 7) is 0.526. The van der Waals surface area contributed by atoms with Crippen LogP contribution in [0.1, 0.15) is 23.8 Å². The zero-order chi connectivity index (χ0) is 18.3. The highest BCUT2D eigenvalue weighted by atomic mass is 32.2. The molecule has 3 aromatic rings. The molecule has 1 saturated heterocycles. The van der Waals surface area contributed by atoms with Crippen molar-refractivity contribution in [3.63, 3.8) is 0 Å². The number of aromatic nitrogens is 1. The van der Waals surface area contributed by atoms with Gasteiger partial charge in [0.2, 0.25) is 10.0 Å². The number of halogens is 2. The Balaban J connectivity index is 1.53. The molecule has 0 N–H and O–H groups in total. The van der Waals surface area contributed by atoms with Gasteiger partial charge in [-0.25, -0.2) is 22.2 Å². The van der Waals surface area contributed by atoms with Gasteiger partial charge >= 0.3 is 0 Å². The molecular weight excluding hydrogens is 378 g/mol. The smallest absolute Gasteiger partial charge is 0.241 e. The van der Waals surface area contributed by atoms with Crippen molar-refractivity contribution in [1.29, 1.82) is 0 Å². The van der Waals surface area contributed by atoms with Gasteiger partial charge in [-0.3, -0.25) is 0 Å². The Morgan fingerprint density at radius 2 is 1.81 bits per heavy atom. The van der Waals surface area contributed by atoms with E-state index in [1.54, 1.807) is 11.3 Å². The van der Waals surface area contributed by atoms with E-state index in [2.05, 4.69) is 4.98 Å². The zero-order valence-electron chi connectivity index (χ0n) is 13.7. The van der Waals surface area contributed by atoms with Gasteiger partial charge in [-0.05, 0) is 43.2 Å². The van der Waals surface area contributed by atoms with E-state index >= 15 is 0 Å². The molecule has 0 amide bonds. The van der Waals surface area contributed by atoms with Crippen LogP contribution >= 0.6 is 11.3 Å². The Morgan fingerprint density at radius 1 is 1.08 bits per heavy atom. The topological polar surface area (TPSA) is 50.3 Å². The lowest BCUT2D eigenvalue weighted by atomic mass is 9.99. The minimum absolute atomic E-state index is 0.177. The largest absolute Gasteiger partial charge is 0.246 e. The highest BCUT2D eigenvalue weighted by molar-refractivity contribution is 7.89. The molecule has 0 atom stereocenters. The van der Waals surface area contributed by atoms with Crippen molar-refractivity contribution in [3.05, 3.63) is 59.1 Å². The molecule has 1 aliphatic heterocycles. The standard InChI is InChI=1S/C18H16F2N2O2S2/c19-13-5-6-14(20)17(11-13)26(23,24)22-9-7-12(8-10-22)18-21-15-3-1-2-4-16(15)25-18/h1-6,11-12H,7-10H2. The normalized spacial score (nSPS) is 17.0. The van der Waals surface area contributed by atoms with Crippen LogP contribution in [0.25, 0.3) is 10.2 Å². The first kappa shape index (κ1) is 17.5. The fraction of sp³-hybridized carbons (Fsp3) is 0.278. The number of sulfonamides is 1. The van der Waals surface area contributed by atoms with Gasteiger partial charge in [-0.15, -0.1) is 11.3 Å². The predicted molar refractivity (Wildman–Crippen MR) is 96.7 cm³/mol. The first-order chi connectivity index (χ1) is 12.4. The molecular formula is C18H16F2N2O2S2. The molecule has 0 unspecified atom stereocenters. The SMILES string of the molecule is O=S(=O)(c1cc(F)ccc1F)N1CCC(c2nc3ccccc3s2)CC1. The maximum absolute atomic E-state index is 13.9. The molecule has 0 aliphatic carbocycles. The number of hydrogen-bond acceptors (Lipinski definition) is 4. The zero-order valence-corrected chi connectivity index (χ0v) is 15.4.